The number of rotatable bonds is 8. The normalized spacial score (nSPS) is 16.3. The summed E-state index contributed by atoms with van der Waals surface area (Å²) in [6.45, 7) is 10.0. The average molecular weight is 587 g/mol. The van der Waals surface area contributed by atoms with Gasteiger partial charge in [-0.05, 0) is 69.4 Å². The molecular weight excluding hydrogens is 547 g/mol. The van der Waals surface area contributed by atoms with E-state index in [1.807, 2.05) is 51.2 Å². The lowest BCUT2D eigenvalue weighted by Crippen LogP contribution is -2.49. The highest BCUT2D eigenvalue weighted by atomic mass is 19.1. The van der Waals surface area contributed by atoms with Gasteiger partial charge < -0.3 is 19.9 Å². The maximum absolute atomic E-state index is 15.3. The zero-order chi connectivity index (χ0) is 30.0. The molecule has 0 bridgehead atoms. The Morgan fingerprint density at radius 2 is 1.91 bits per heavy atom. The number of aromatic nitrogens is 5. The number of imidazole rings is 1. The van der Waals surface area contributed by atoms with Gasteiger partial charge in [0.05, 0.1) is 11.0 Å². The number of aromatic amines is 1. The number of pyridine rings is 1. The lowest BCUT2D eigenvalue weighted by Gasteiger charge is -2.35. The van der Waals surface area contributed by atoms with Gasteiger partial charge in [-0.1, -0.05) is 12.5 Å². The molecule has 0 unspecified atom stereocenters. The molecule has 0 spiro atoms. The molecule has 4 aromatic rings. The van der Waals surface area contributed by atoms with E-state index in [0.29, 0.717) is 31.0 Å². The molecule has 43 heavy (non-hydrogen) atoms. The predicted octanol–water partition coefficient (Wildman–Crippen LogP) is 5.41. The lowest BCUT2D eigenvalue weighted by atomic mass is 9.85. The third-order valence-corrected chi connectivity index (χ3v) is 8.04. The van der Waals surface area contributed by atoms with Crippen molar-refractivity contribution >= 4 is 22.9 Å². The minimum atomic E-state index is -0.492. The van der Waals surface area contributed by atoms with E-state index in [-0.39, 0.29) is 17.6 Å². The van der Waals surface area contributed by atoms with E-state index >= 15 is 4.39 Å². The Labute approximate surface area is 251 Å². The van der Waals surface area contributed by atoms with Crippen LogP contribution in [0.4, 0.5) is 15.0 Å². The first-order valence-electron chi connectivity index (χ1n) is 15.1. The monoisotopic (exact) mass is 586 g/mol. The van der Waals surface area contributed by atoms with E-state index in [1.54, 1.807) is 4.90 Å². The second-order valence-corrected chi connectivity index (χ2v) is 12.6. The smallest absolute Gasteiger partial charge is 0.410 e. The van der Waals surface area contributed by atoms with E-state index in [4.69, 9.17) is 9.72 Å². The van der Waals surface area contributed by atoms with Crippen molar-refractivity contribution in [3.63, 3.8) is 0 Å². The molecule has 11 heteroatoms. The van der Waals surface area contributed by atoms with Crippen LogP contribution in [0.1, 0.15) is 57.1 Å². The molecule has 3 aromatic heterocycles. The molecular formula is C32H39FN8O2. The van der Waals surface area contributed by atoms with Crippen LogP contribution in [0.5, 0.6) is 0 Å². The highest BCUT2D eigenvalue weighted by molar-refractivity contribution is 5.81. The Morgan fingerprint density at radius 1 is 1.09 bits per heavy atom. The van der Waals surface area contributed by atoms with Gasteiger partial charge in [0.15, 0.2) is 11.6 Å². The molecule has 2 fully saturated rings. The van der Waals surface area contributed by atoms with Gasteiger partial charge in [0, 0.05) is 63.1 Å². The second-order valence-electron chi connectivity index (χ2n) is 12.6. The first-order chi connectivity index (χ1) is 20.7. The van der Waals surface area contributed by atoms with Gasteiger partial charge in [0.2, 0.25) is 0 Å². The van der Waals surface area contributed by atoms with E-state index in [0.717, 1.165) is 54.3 Å². The fraction of sp³-hybridized carbons (Fsp3) is 0.469. The minimum Gasteiger partial charge on any atom is -0.444 e. The molecule has 0 radical (unpaired) electrons. The summed E-state index contributed by atoms with van der Waals surface area (Å²) in [6, 6.07) is 9.74. The number of nitrogens with one attached hydrogen (secondary N) is 2. The third kappa shape index (κ3) is 7.10. The quantitative estimate of drug-likeness (QED) is 0.282. The summed E-state index contributed by atoms with van der Waals surface area (Å²) in [5, 5.41) is 3.16. The van der Waals surface area contributed by atoms with Crippen LogP contribution in [-0.2, 0) is 17.7 Å². The molecule has 226 valence electrons. The van der Waals surface area contributed by atoms with Crippen LogP contribution < -0.4 is 5.32 Å². The standard InChI is InChI=1S/C32H39FN8O2/c1-32(2,3)43-31(42)41-13-11-40(12-14-41)19-22-9-10-34-24(15-22)17-27-38-25-8-7-23(16-26(25)39-27)29-28(33)30(37-20-36-29)35-18-21-5-4-6-21/h7-10,15-16,20-21H,4-6,11-14,17-19H2,1-3H3,(H,38,39)(H,35,36,37). The number of amides is 1. The molecule has 4 heterocycles. The maximum atomic E-state index is 15.3. The lowest BCUT2D eigenvalue weighted by molar-refractivity contribution is 0.0139. The van der Waals surface area contributed by atoms with Crippen LogP contribution in [-0.4, -0.2) is 79.1 Å². The van der Waals surface area contributed by atoms with Crippen LogP contribution in [0.3, 0.4) is 0 Å². The largest absolute Gasteiger partial charge is 0.444 e. The number of benzene rings is 1. The van der Waals surface area contributed by atoms with Crippen molar-refractivity contribution in [3.8, 4) is 11.3 Å². The third-order valence-electron chi connectivity index (χ3n) is 8.04. The summed E-state index contributed by atoms with van der Waals surface area (Å²) in [7, 11) is 0. The molecule has 1 aromatic carbocycles. The van der Waals surface area contributed by atoms with E-state index in [9.17, 15) is 4.79 Å². The number of halogens is 1. The van der Waals surface area contributed by atoms with E-state index in [1.165, 1.54) is 25.6 Å². The fourth-order valence-corrected chi connectivity index (χ4v) is 5.49. The minimum absolute atomic E-state index is 0.248. The van der Waals surface area contributed by atoms with Gasteiger partial charge in [-0.2, -0.15) is 0 Å². The zero-order valence-electron chi connectivity index (χ0n) is 25.1. The number of ether oxygens (including phenoxy) is 1. The number of hydrogen-bond donors (Lipinski definition) is 2. The number of H-pyrrole nitrogens is 1. The number of piperazine rings is 1. The summed E-state index contributed by atoms with van der Waals surface area (Å²) in [4.78, 5) is 37.6. The number of carbonyl (C=O) groups is 1. The van der Waals surface area contributed by atoms with Gasteiger partial charge in [-0.15, -0.1) is 0 Å². The van der Waals surface area contributed by atoms with Gasteiger partial charge in [-0.25, -0.2) is 24.1 Å². The number of carbonyl (C=O) groups excluding carboxylic acids is 1. The van der Waals surface area contributed by atoms with Crippen LogP contribution in [0.25, 0.3) is 22.3 Å². The second kappa shape index (κ2) is 12.2. The number of anilines is 1. The van der Waals surface area contributed by atoms with Crippen molar-refractivity contribution in [2.24, 2.45) is 5.92 Å². The molecule has 1 saturated heterocycles. The van der Waals surface area contributed by atoms with Gasteiger partial charge >= 0.3 is 6.09 Å². The van der Waals surface area contributed by atoms with Crippen LogP contribution in [0, 0.1) is 11.7 Å². The topological polar surface area (TPSA) is 112 Å². The summed E-state index contributed by atoms with van der Waals surface area (Å²) in [6.07, 6.45) is 7.13. The molecule has 1 aliphatic carbocycles. The Morgan fingerprint density at radius 3 is 2.65 bits per heavy atom. The first kappa shape index (κ1) is 29.0. The zero-order valence-corrected chi connectivity index (χ0v) is 25.1. The average Bonchev–Trinajstić information content (AvgIpc) is 3.34. The Hall–Kier alpha value is -4.12. The van der Waals surface area contributed by atoms with Crippen molar-refractivity contribution in [1.29, 1.82) is 0 Å². The highest BCUT2D eigenvalue weighted by Crippen LogP contribution is 2.29. The fourth-order valence-electron chi connectivity index (χ4n) is 5.49. The summed E-state index contributed by atoms with van der Waals surface area (Å²) >= 11 is 0. The van der Waals surface area contributed by atoms with Crippen molar-refractivity contribution in [3.05, 3.63) is 65.8 Å². The van der Waals surface area contributed by atoms with Gasteiger partial charge in [-0.3, -0.25) is 9.88 Å². The van der Waals surface area contributed by atoms with E-state index < -0.39 is 11.4 Å². The van der Waals surface area contributed by atoms with Crippen molar-refractivity contribution < 1.29 is 13.9 Å². The van der Waals surface area contributed by atoms with Crippen molar-refractivity contribution in [2.75, 3.05) is 38.0 Å². The molecule has 1 aliphatic heterocycles. The van der Waals surface area contributed by atoms with Crippen molar-refractivity contribution in [1.82, 2.24) is 34.7 Å². The van der Waals surface area contributed by atoms with Crippen LogP contribution >= 0.6 is 0 Å². The molecule has 2 aliphatic rings. The maximum Gasteiger partial charge on any atom is 0.410 e. The molecule has 6 rings (SSSR count). The van der Waals surface area contributed by atoms with Crippen LogP contribution in [0.15, 0.2) is 42.9 Å². The summed E-state index contributed by atoms with van der Waals surface area (Å²) in [5.41, 5.74) is 4.13. The van der Waals surface area contributed by atoms with Gasteiger partial charge in [0.1, 0.15) is 23.4 Å². The molecule has 1 amide bonds. The van der Waals surface area contributed by atoms with Gasteiger partial charge in [0.25, 0.3) is 0 Å². The molecule has 0 atom stereocenters. The number of fused-ring (bicyclic) bond motifs is 1. The first-order valence-corrected chi connectivity index (χ1v) is 15.1. The Kier molecular flexibility index (Phi) is 8.25. The SMILES string of the molecule is CC(C)(C)OC(=O)N1CCN(Cc2ccnc(Cc3nc4ccc(-c5ncnc(NCC6CCC6)c5F)cc4[nH]3)c2)CC1. The molecule has 1 saturated carbocycles. The highest BCUT2D eigenvalue weighted by Gasteiger charge is 2.26. The Balaban J connectivity index is 1.08. The molecule has 2 N–H and O–H groups in total. The van der Waals surface area contributed by atoms with E-state index in [2.05, 4.69) is 36.2 Å². The number of hydrogen-bond acceptors (Lipinski definition) is 8. The Bertz CT molecular complexity index is 1590. The summed E-state index contributed by atoms with van der Waals surface area (Å²) in [5.74, 6) is 1.19. The predicted molar refractivity (Wildman–Crippen MR) is 163 cm³/mol. The molecule has 10 nitrogen and oxygen atoms in total. The van der Waals surface area contributed by atoms with Crippen LogP contribution in [0.2, 0.25) is 0 Å². The summed E-state index contributed by atoms with van der Waals surface area (Å²) < 4.78 is 20.8. The van der Waals surface area contributed by atoms with Crippen molar-refractivity contribution in [2.45, 2.75) is 58.6 Å². The number of nitrogens with zero attached hydrogens (tertiary/aromatic N) is 6.